The van der Waals surface area contributed by atoms with Gasteiger partial charge in [-0.3, -0.25) is 0 Å². The molecule has 2 N–H and O–H groups in total. The molecule has 0 aliphatic heterocycles. The number of hydrogen-bond acceptors (Lipinski definition) is 3. The lowest BCUT2D eigenvalue weighted by Crippen LogP contribution is -2.30. The minimum atomic E-state index is -3.67. The summed E-state index contributed by atoms with van der Waals surface area (Å²) in [6, 6.07) is 3.02. The topological polar surface area (TPSA) is 66.4 Å². The Morgan fingerprint density at radius 2 is 2.12 bits per heavy atom. The normalized spacial score (nSPS) is 13.7. The zero-order valence-corrected chi connectivity index (χ0v) is 12.5. The molecule has 1 aromatic carbocycles. The van der Waals surface area contributed by atoms with Gasteiger partial charge in [-0.2, -0.15) is 0 Å². The summed E-state index contributed by atoms with van der Waals surface area (Å²) < 4.78 is 26.6. The number of aliphatic hydroxyl groups excluding tert-OH is 1. The van der Waals surface area contributed by atoms with E-state index in [1.54, 1.807) is 13.0 Å². The summed E-state index contributed by atoms with van der Waals surface area (Å²) >= 11 is 9.08. The minimum absolute atomic E-state index is 0.0414. The fourth-order valence-corrected chi connectivity index (χ4v) is 3.67. The van der Waals surface area contributed by atoms with Crippen molar-refractivity contribution in [2.45, 2.75) is 24.8 Å². The summed E-state index contributed by atoms with van der Waals surface area (Å²) in [5.74, 6) is 0. The van der Waals surface area contributed by atoms with Gasteiger partial charge in [-0.15, -0.1) is 0 Å². The molecule has 0 bridgehead atoms. The second kappa shape index (κ2) is 5.67. The Labute approximate surface area is 114 Å². The highest BCUT2D eigenvalue weighted by molar-refractivity contribution is 9.10. The van der Waals surface area contributed by atoms with Crippen LogP contribution in [0.1, 0.15) is 12.5 Å². The Hall–Kier alpha value is -0.140. The second-order valence-electron chi connectivity index (χ2n) is 3.73. The lowest BCUT2D eigenvalue weighted by Gasteiger charge is -2.11. The zero-order chi connectivity index (χ0) is 13.2. The van der Waals surface area contributed by atoms with E-state index in [-0.39, 0.29) is 11.4 Å². The van der Waals surface area contributed by atoms with E-state index >= 15 is 0 Å². The molecule has 0 aromatic heterocycles. The lowest BCUT2D eigenvalue weighted by atomic mass is 10.2. The van der Waals surface area contributed by atoms with Crippen molar-refractivity contribution in [2.75, 3.05) is 6.54 Å². The van der Waals surface area contributed by atoms with Crippen LogP contribution in [-0.4, -0.2) is 26.2 Å². The first-order valence-corrected chi connectivity index (χ1v) is 7.53. The fraction of sp³-hybridized carbons (Fsp3) is 0.400. The summed E-state index contributed by atoms with van der Waals surface area (Å²) in [4.78, 5) is 0.0637. The minimum Gasteiger partial charge on any atom is -0.392 e. The molecular weight excluding hydrogens is 330 g/mol. The van der Waals surface area contributed by atoms with Crippen LogP contribution in [0.5, 0.6) is 0 Å². The first-order valence-electron chi connectivity index (χ1n) is 4.87. The summed E-state index contributed by atoms with van der Waals surface area (Å²) in [7, 11) is -3.67. The molecule has 1 aromatic rings. The van der Waals surface area contributed by atoms with Crippen molar-refractivity contribution in [3.05, 3.63) is 27.2 Å². The molecule has 4 nitrogen and oxygen atoms in total. The molecule has 0 radical (unpaired) electrons. The third kappa shape index (κ3) is 3.93. The van der Waals surface area contributed by atoms with E-state index in [4.69, 9.17) is 16.7 Å². The third-order valence-electron chi connectivity index (χ3n) is 2.07. The average molecular weight is 343 g/mol. The maximum absolute atomic E-state index is 11.9. The average Bonchev–Trinajstić information content (AvgIpc) is 2.20. The van der Waals surface area contributed by atoms with E-state index < -0.39 is 16.1 Å². The third-order valence-corrected chi connectivity index (χ3v) is 4.86. The van der Waals surface area contributed by atoms with Gasteiger partial charge in [0.25, 0.3) is 0 Å². The van der Waals surface area contributed by atoms with Crippen molar-refractivity contribution >= 4 is 37.6 Å². The molecule has 1 unspecified atom stereocenters. The summed E-state index contributed by atoms with van der Waals surface area (Å²) in [6.45, 7) is 3.24. The molecule has 7 heteroatoms. The van der Waals surface area contributed by atoms with Crippen molar-refractivity contribution in [3.63, 3.8) is 0 Å². The molecule has 0 aliphatic rings. The van der Waals surface area contributed by atoms with Crippen molar-refractivity contribution in [3.8, 4) is 0 Å². The van der Waals surface area contributed by atoms with Crippen LogP contribution < -0.4 is 4.72 Å². The van der Waals surface area contributed by atoms with Gasteiger partial charge in [0.2, 0.25) is 10.0 Å². The van der Waals surface area contributed by atoms with Crippen molar-refractivity contribution in [2.24, 2.45) is 0 Å². The largest absolute Gasteiger partial charge is 0.392 e. The summed E-state index contributed by atoms with van der Waals surface area (Å²) in [5, 5.41) is 9.45. The van der Waals surface area contributed by atoms with Crippen LogP contribution in [0, 0.1) is 6.92 Å². The number of nitrogens with one attached hydrogen (secondary N) is 1. The van der Waals surface area contributed by atoms with Crippen LogP contribution >= 0.6 is 27.5 Å². The standard InChI is InChI=1S/C10H13BrClNO3S/c1-6-3-8(11)10(4-9(6)12)17(15,16)13-5-7(2)14/h3-4,7,13-14H,5H2,1-2H3. The second-order valence-corrected chi connectivity index (χ2v) is 6.73. The number of aliphatic hydroxyl groups is 1. The first-order chi connectivity index (χ1) is 7.74. The van der Waals surface area contributed by atoms with Gasteiger partial charge in [0.1, 0.15) is 0 Å². The molecule has 0 spiro atoms. The van der Waals surface area contributed by atoms with E-state index in [9.17, 15) is 8.42 Å². The summed E-state index contributed by atoms with van der Waals surface area (Å²) in [6.07, 6.45) is -0.746. The number of rotatable bonds is 4. The van der Waals surface area contributed by atoms with Crippen molar-refractivity contribution in [1.29, 1.82) is 0 Å². The Kier molecular flexibility index (Phi) is 4.97. The Morgan fingerprint density at radius 3 is 2.65 bits per heavy atom. The number of hydrogen-bond donors (Lipinski definition) is 2. The summed E-state index contributed by atoms with van der Waals surface area (Å²) in [5.41, 5.74) is 0.785. The highest BCUT2D eigenvalue weighted by atomic mass is 79.9. The predicted molar refractivity (Wildman–Crippen MR) is 70.8 cm³/mol. The molecule has 1 rings (SSSR count). The molecule has 0 amide bonds. The number of halogens is 2. The van der Waals surface area contributed by atoms with Gasteiger partial charge in [0, 0.05) is 16.0 Å². The number of sulfonamides is 1. The highest BCUT2D eigenvalue weighted by Crippen LogP contribution is 2.28. The zero-order valence-electron chi connectivity index (χ0n) is 9.37. The Bertz CT molecular complexity index is 517. The van der Waals surface area contributed by atoms with E-state index in [2.05, 4.69) is 20.7 Å². The van der Waals surface area contributed by atoms with E-state index in [0.717, 1.165) is 5.56 Å². The maximum Gasteiger partial charge on any atom is 0.241 e. The SMILES string of the molecule is Cc1cc(Br)c(S(=O)(=O)NCC(C)O)cc1Cl. The van der Waals surface area contributed by atoms with Crippen molar-refractivity contribution < 1.29 is 13.5 Å². The van der Waals surface area contributed by atoms with E-state index in [0.29, 0.717) is 9.50 Å². The van der Waals surface area contributed by atoms with Gasteiger partial charge in [0.15, 0.2) is 0 Å². The fourth-order valence-electron chi connectivity index (χ4n) is 1.14. The molecule has 0 saturated carbocycles. The smallest absolute Gasteiger partial charge is 0.241 e. The van der Waals surface area contributed by atoms with Crippen LogP contribution in [0.15, 0.2) is 21.5 Å². The van der Waals surface area contributed by atoms with Crippen LogP contribution in [0.3, 0.4) is 0 Å². The quantitative estimate of drug-likeness (QED) is 0.880. The molecule has 0 aliphatic carbocycles. The Balaban J connectivity index is 3.11. The van der Waals surface area contributed by atoms with Crippen LogP contribution in [-0.2, 0) is 10.0 Å². The van der Waals surface area contributed by atoms with Gasteiger partial charge in [-0.05, 0) is 47.5 Å². The van der Waals surface area contributed by atoms with E-state index in [1.807, 2.05) is 0 Å². The highest BCUT2D eigenvalue weighted by Gasteiger charge is 2.19. The molecule has 0 saturated heterocycles. The van der Waals surface area contributed by atoms with Crippen LogP contribution in [0.2, 0.25) is 5.02 Å². The number of aryl methyl sites for hydroxylation is 1. The van der Waals surface area contributed by atoms with E-state index in [1.165, 1.54) is 13.0 Å². The molecule has 96 valence electrons. The number of benzene rings is 1. The molecule has 17 heavy (non-hydrogen) atoms. The lowest BCUT2D eigenvalue weighted by molar-refractivity contribution is 0.198. The molecule has 0 fully saturated rings. The van der Waals surface area contributed by atoms with Gasteiger partial charge in [-0.25, -0.2) is 13.1 Å². The van der Waals surface area contributed by atoms with Gasteiger partial charge < -0.3 is 5.11 Å². The monoisotopic (exact) mass is 341 g/mol. The molecule has 1 atom stereocenters. The van der Waals surface area contributed by atoms with Crippen molar-refractivity contribution in [1.82, 2.24) is 4.72 Å². The Morgan fingerprint density at radius 1 is 1.53 bits per heavy atom. The van der Waals surface area contributed by atoms with Gasteiger partial charge in [-0.1, -0.05) is 11.6 Å². The van der Waals surface area contributed by atoms with Crippen LogP contribution in [0.4, 0.5) is 0 Å². The van der Waals surface area contributed by atoms with Gasteiger partial charge >= 0.3 is 0 Å². The molecular formula is C10H13BrClNO3S. The van der Waals surface area contributed by atoms with Crippen LogP contribution in [0.25, 0.3) is 0 Å². The van der Waals surface area contributed by atoms with Gasteiger partial charge in [0.05, 0.1) is 11.0 Å². The predicted octanol–water partition coefficient (Wildman–Crippen LogP) is 2.07. The maximum atomic E-state index is 11.9. The molecule has 0 heterocycles. The first kappa shape index (κ1) is 14.9.